The van der Waals surface area contributed by atoms with Crippen molar-refractivity contribution in [3.8, 4) is 0 Å². The van der Waals surface area contributed by atoms with Crippen molar-refractivity contribution in [2.75, 3.05) is 0 Å². The summed E-state index contributed by atoms with van der Waals surface area (Å²) in [4.78, 5) is 27.4. The molecule has 22 heavy (non-hydrogen) atoms. The van der Waals surface area contributed by atoms with Crippen LogP contribution in [0.15, 0.2) is 28.8 Å². The average molecular weight is 303 g/mol. The summed E-state index contributed by atoms with van der Waals surface area (Å²) in [5, 5.41) is 15.7. The van der Waals surface area contributed by atoms with Gasteiger partial charge in [-0.25, -0.2) is 4.79 Å². The van der Waals surface area contributed by atoms with Gasteiger partial charge in [0.25, 0.3) is 0 Å². The molecule has 0 aliphatic rings. The van der Waals surface area contributed by atoms with Crippen LogP contribution >= 0.6 is 0 Å². The Hall–Kier alpha value is -2.70. The number of benzene rings is 1. The zero-order valence-electron chi connectivity index (χ0n) is 12.6. The molecule has 0 unspecified atom stereocenters. The number of aromatic carboxylic acids is 1. The Morgan fingerprint density at radius 3 is 2.59 bits per heavy atom. The molecule has 0 aliphatic carbocycles. The molecule has 0 fully saturated rings. The Bertz CT molecular complexity index is 706. The lowest BCUT2D eigenvalue weighted by molar-refractivity contribution is -0.122. The maximum absolute atomic E-state index is 12.2. The standard InChI is InChI=1S/C15H17N3O4/c1-9-16-14(18-22-9)15(2,3)17-12(19)8-10-6-4-5-7-11(10)13(20)21/h4-7H,8H2,1-3H3,(H,17,19)(H,20,21). The van der Waals surface area contributed by atoms with Crippen LogP contribution in [-0.4, -0.2) is 27.1 Å². The highest BCUT2D eigenvalue weighted by atomic mass is 16.5. The number of carboxylic acid groups (broad SMARTS) is 1. The fourth-order valence-corrected chi connectivity index (χ4v) is 2.06. The van der Waals surface area contributed by atoms with Gasteiger partial charge in [0.15, 0.2) is 5.82 Å². The van der Waals surface area contributed by atoms with Gasteiger partial charge in [-0.15, -0.1) is 0 Å². The lowest BCUT2D eigenvalue weighted by atomic mass is 10.0. The smallest absolute Gasteiger partial charge is 0.335 e. The molecule has 0 spiro atoms. The van der Waals surface area contributed by atoms with E-state index in [9.17, 15) is 9.59 Å². The number of nitrogens with one attached hydrogen (secondary N) is 1. The van der Waals surface area contributed by atoms with Gasteiger partial charge in [-0.3, -0.25) is 4.79 Å². The second-order valence-electron chi connectivity index (χ2n) is 5.45. The fourth-order valence-electron chi connectivity index (χ4n) is 2.06. The van der Waals surface area contributed by atoms with E-state index in [1.54, 1.807) is 39.0 Å². The number of carbonyl (C=O) groups excluding carboxylic acids is 1. The normalized spacial score (nSPS) is 11.2. The summed E-state index contributed by atoms with van der Waals surface area (Å²) in [6, 6.07) is 6.41. The number of carbonyl (C=O) groups is 2. The van der Waals surface area contributed by atoms with Gasteiger partial charge in [0, 0.05) is 6.92 Å². The number of carboxylic acids is 1. The van der Waals surface area contributed by atoms with E-state index in [-0.39, 0.29) is 17.9 Å². The molecule has 0 radical (unpaired) electrons. The summed E-state index contributed by atoms with van der Waals surface area (Å²) >= 11 is 0. The molecule has 1 heterocycles. The molecule has 7 nitrogen and oxygen atoms in total. The maximum atomic E-state index is 12.2. The van der Waals surface area contributed by atoms with Gasteiger partial charge in [-0.1, -0.05) is 23.4 Å². The van der Waals surface area contributed by atoms with E-state index < -0.39 is 11.5 Å². The molecule has 2 rings (SSSR count). The Kier molecular flexibility index (Phi) is 4.25. The van der Waals surface area contributed by atoms with Gasteiger partial charge in [0.05, 0.1) is 17.5 Å². The number of rotatable bonds is 5. The Morgan fingerprint density at radius 2 is 2.00 bits per heavy atom. The molecule has 2 N–H and O–H groups in total. The number of hydrogen-bond acceptors (Lipinski definition) is 5. The highest BCUT2D eigenvalue weighted by molar-refractivity contribution is 5.91. The van der Waals surface area contributed by atoms with Crippen LogP contribution < -0.4 is 5.32 Å². The third-order valence-corrected chi connectivity index (χ3v) is 3.14. The minimum atomic E-state index is -1.06. The van der Waals surface area contributed by atoms with Crippen LogP contribution in [0.25, 0.3) is 0 Å². The van der Waals surface area contributed by atoms with Gasteiger partial charge in [-0.2, -0.15) is 4.98 Å². The van der Waals surface area contributed by atoms with E-state index in [1.165, 1.54) is 6.07 Å². The molecule has 1 amide bonds. The number of hydrogen-bond donors (Lipinski definition) is 2. The minimum absolute atomic E-state index is 0.0390. The van der Waals surface area contributed by atoms with E-state index in [0.717, 1.165) is 0 Å². The van der Waals surface area contributed by atoms with Gasteiger partial charge < -0.3 is 14.9 Å². The van der Waals surface area contributed by atoms with E-state index in [1.807, 2.05) is 0 Å². The van der Waals surface area contributed by atoms with Crippen LogP contribution in [0.4, 0.5) is 0 Å². The third kappa shape index (κ3) is 3.49. The molecule has 0 bridgehead atoms. The van der Waals surface area contributed by atoms with Gasteiger partial charge in [-0.05, 0) is 25.5 Å². The van der Waals surface area contributed by atoms with Gasteiger partial charge in [0.2, 0.25) is 11.8 Å². The molecule has 1 aromatic heterocycles. The SMILES string of the molecule is Cc1nc(C(C)(C)NC(=O)Cc2ccccc2C(=O)O)no1. The van der Waals surface area contributed by atoms with Crippen LogP contribution in [-0.2, 0) is 16.8 Å². The summed E-state index contributed by atoms with van der Waals surface area (Å²) < 4.78 is 4.91. The Balaban J connectivity index is 2.12. The van der Waals surface area contributed by atoms with Gasteiger partial charge in [0.1, 0.15) is 0 Å². The summed E-state index contributed by atoms with van der Waals surface area (Å²) in [6.45, 7) is 5.16. The maximum Gasteiger partial charge on any atom is 0.335 e. The van der Waals surface area contributed by atoms with E-state index in [0.29, 0.717) is 17.3 Å². The van der Waals surface area contributed by atoms with Crippen LogP contribution in [0.1, 0.15) is 41.5 Å². The van der Waals surface area contributed by atoms with Crippen molar-refractivity contribution >= 4 is 11.9 Å². The fraction of sp³-hybridized carbons (Fsp3) is 0.333. The van der Waals surface area contributed by atoms with Crippen molar-refractivity contribution in [2.45, 2.75) is 32.7 Å². The molecule has 116 valence electrons. The van der Waals surface area contributed by atoms with Crippen LogP contribution in [0, 0.1) is 6.92 Å². The van der Waals surface area contributed by atoms with Gasteiger partial charge >= 0.3 is 5.97 Å². The van der Waals surface area contributed by atoms with Crippen LogP contribution in [0.5, 0.6) is 0 Å². The van der Waals surface area contributed by atoms with Crippen LogP contribution in [0.3, 0.4) is 0 Å². The van der Waals surface area contributed by atoms with Crippen molar-refractivity contribution in [1.82, 2.24) is 15.5 Å². The largest absolute Gasteiger partial charge is 0.478 e. The second kappa shape index (κ2) is 5.97. The summed E-state index contributed by atoms with van der Waals surface area (Å²) in [6.07, 6.45) is -0.0390. The minimum Gasteiger partial charge on any atom is -0.478 e. The highest BCUT2D eigenvalue weighted by Crippen LogP contribution is 2.17. The van der Waals surface area contributed by atoms with Crippen molar-refractivity contribution in [3.63, 3.8) is 0 Å². The Morgan fingerprint density at radius 1 is 1.32 bits per heavy atom. The monoisotopic (exact) mass is 303 g/mol. The van der Waals surface area contributed by atoms with Crippen molar-refractivity contribution in [3.05, 3.63) is 47.1 Å². The quantitative estimate of drug-likeness (QED) is 0.870. The molecule has 7 heteroatoms. The van der Waals surface area contributed by atoms with Crippen LogP contribution in [0.2, 0.25) is 0 Å². The molecule has 0 atom stereocenters. The summed E-state index contributed by atoms with van der Waals surface area (Å²) in [5.41, 5.74) is -0.244. The van der Waals surface area contributed by atoms with E-state index in [2.05, 4.69) is 15.5 Å². The van der Waals surface area contributed by atoms with E-state index in [4.69, 9.17) is 9.63 Å². The second-order valence-corrected chi connectivity index (χ2v) is 5.45. The number of amides is 1. The van der Waals surface area contributed by atoms with Crippen molar-refractivity contribution in [1.29, 1.82) is 0 Å². The zero-order valence-corrected chi connectivity index (χ0v) is 12.6. The number of aromatic nitrogens is 2. The molecule has 0 saturated carbocycles. The van der Waals surface area contributed by atoms with Crippen molar-refractivity contribution in [2.24, 2.45) is 0 Å². The Labute approximate surface area is 127 Å². The first-order valence-electron chi connectivity index (χ1n) is 6.72. The zero-order chi connectivity index (χ0) is 16.3. The molecule has 2 aromatic rings. The third-order valence-electron chi connectivity index (χ3n) is 3.14. The molecule has 0 saturated heterocycles. The first kappa shape index (κ1) is 15.7. The number of aryl methyl sites for hydroxylation is 1. The molecule has 1 aromatic carbocycles. The first-order valence-corrected chi connectivity index (χ1v) is 6.72. The van der Waals surface area contributed by atoms with Crippen molar-refractivity contribution < 1.29 is 19.2 Å². The molecular formula is C15H17N3O4. The highest BCUT2D eigenvalue weighted by Gasteiger charge is 2.28. The lowest BCUT2D eigenvalue weighted by Crippen LogP contribution is -2.42. The molecular weight excluding hydrogens is 286 g/mol. The first-order chi connectivity index (χ1) is 10.3. The molecule has 0 aliphatic heterocycles. The number of nitrogens with zero attached hydrogens (tertiary/aromatic N) is 2. The predicted octanol–water partition coefficient (Wildman–Crippen LogP) is 1.67. The topological polar surface area (TPSA) is 105 Å². The average Bonchev–Trinajstić information content (AvgIpc) is 2.86. The lowest BCUT2D eigenvalue weighted by Gasteiger charge is -2.22. The predicted molar refractivity (Wildman–Crippen MR) is 77.3 cm³/mol. The summed E-state index contributed by atoms with van der Waals surface area (Å²) in [5.74, 6) is -0.601. The van der Waals surface area contributed by atoms with E-state index >= 15 is 0 Å². The summed E-state index contributed by atoms with van der Waals surface area (Å²) in [7, 11) is 0.